The highest BCUT2D eigenvalue weighted by Crippen LogP contribution is 2.24. The molecule has 1 aliphatic heterocycles. The molecule has 19 heavy (non-hydrogen) atoms. The van der Waals surface area contributed by atoms with Gasteiger partial charge in [0, 0.05) is 25.7 Å². The molecule has 0 aromatic heterocycles. The van der Waals surface area contributed by atoms with Crippen LogP contribution < -0.4 is 5.73 Å². The van der Waals surface area contributed by atoms with E-state index in [0.29, 0.717) is 18.7 Å². The monoisotopic (exact) mass is 262 g/mol. The summed E-state index contributed by atoms with van der Waals surface area (Å²) in [4.78, 5) is 2.49. The van der Waals surface area contributed by atoms with E-state index in [1.165, 1.54) is 18.4 Å². The lowest BCUT2D eigenvalue weighted by Gasteiger charge is -2.38. The van der Waals surface area contributed by atoms with Crippen molar-refractivity contribution in [2.24, 2.45) is 5.73 Å². The third-order valence-corrected chi connectivity index (χ3v) is 3.82. The Bertz CT molecular complexity index is 355. The molecule has 0 spiro atoms. The molecule has 0 radical (unpaired) electrons. The van der Waals surface area contributed by atoms with Crippen molar-refractivity contribution in [2.75, 3.05) is 26.2 Å². The number of nitrogens with zero attached hydrogens (tertiary/aromatic N) is 1. The minimum atomic E-state index is 0.328. The molecule has 1 aromatic rings. The number of benzene rings is 1. The van der Waals surface area contributed by atoms with Crippen molar-refractivity contribution < 1.29 is 4.74 Å². The molecule has 3 heteroatoms. The van der Waals surface area contributed by atoms with Crippen LogP contribution in [0.15, 0.2) is 30.3 Å². The van der Waals surface area contributed by atoms with Crippen molar-refractivity contribution in [3.8, 4) is 0 Å². The van der Waals surface area contributed by atoms with E-state index in [1.54, 1.807) is 0 Å². The molecule has 1 fully saturated rings. The number of hydrogen-bond acceptors (Lipinski definition) is 3. The molecule has 0 saturated carbocycles. The van der Waals surface area contributed by atoms with Crippen molar-refractivity contribution in [3.63, 3.8) is 0 Å². The maximum absolute atomic E-state index is 6.00. The van der Waals surface area contributed by atoms with Crippen LogP contribution in [-0.4, -0.2) is 37.2 Å². The highest BCUT2D eigenvalue weighted by atomic mass is 16.5. The van der Waals surface area contributed by atoms with Gasteiger partial charge in [0.1, 0.15) is 0 Å². The summed E-state index contributed by atoms with van der Waals surface area (Å²) in [6.07, 6.45) is 3.86. The van der Waals surface area contributed by atoms with Crippen molar-refractivity contribution in [2.45, 2.75) is 38.3 Å². The van der Waals surface area contributed by atoms with Gasteiger partial charge in [0.05, 0.1) is 6.10 Å². The Morgan fingerprint density at radius 3 is 2.84 bits per heavy atom. The van der Waals surface area contributed by atoms with Crippen LogP contribution in [0.25, 0.3) is 0 Å². The highest BCUT2D eigenvalue weighted by Gasteiger charge is 2.26. The summed E-state index contributed by atoms with van der Waals surface area (Å²) in [7, 11) is 0. The van der Waals surface area contributed by atoms with Gasteiger partial charge in [0.2, 0.25) is 0 Å². The SMILES string of the molecule is CCCOC1CCCN(C(CN)c2ccccc2)C1. The molecule has 2 N–H and O–H groups in total. The standard InChI is InChI=1S/C16H26N2O/c1-2-11-19-15-9-6-10-18(13-15)16(12-17)14-7-4-3-5-8-14/h3-5,7-8,15-16H,2,6,9-13,17H2,1H3. The maximum Gasteiger partial charge on any atom is 0.0702 e. The van der Waals surface area contributed by atoms with E-state index in [2.05, 4.69) is 42.2 Å². The van der Waals surface area contributed by atoms with Gasteiger partial charge in [-0.1, -0.05) is 37.3 Å². The van der Waals surface area contributed by atoms with E-state index in [-0.39, 0.29) is 0 Å². The Kier molecular flexibility index (Phi) is 5.83. The molecule has 0 bridgehead atoms. The highest BCUT2D eigenvalue weighted by molar-refractivity contribution is 5.19. The van der Waals surface area contributed by atoms with E-state index in [9.17, 15) is 0 Å². The Balaban J connectivity index is 1.98. The van der Waals surface area contributed by atoms with Crippen LogP contribution in [0.4, 0.5) is 0 Å². The Labute approximate surface area is 116 Å². The first kappa shape index (κ1) is 14.5. The average molecular weight is 262 g/mol. The van der Waals surface area contributed by atoms with E-state index < -0.39 is 0 Å². The first-order valence-electron chi connectivity index (χ1n) is 7.45. The van der Waals surface area contributed by atoms with Crippen LogP contribution in [0.1, 0.15) is 37.8 Å². The molecule has 1 aromatic carbocycles. The fraction of sp³-hybridized carbons (Fsp3) is 0.625. The van der Waals surface area contributed by atoms with E-state index in [1.807, 2.05) is 0 Å². The molecular formula is C16H26N2O. The van der Waals surface area contributed by atoms with Gasteiger partial charge in [-0.25, -0.2) is 0 Å². The quantitative estimate of drug-likeness (QED) is 0.856. The van der Waals surface area contributed by atoms with E-state index in [0.717, 1.165) is 26.1 Å². The zero-order chi connectivity index (χ0) is 13.5. The van der Waals surface area contributed by atoms with Gasteiger partial charge >= 0.3 is 0 Å². The molecule has 2 unspecified atom stereocenters. The molecule has 1 aliphatic rings. The topological polar surface area (TPSA) is 38.5 Å². The number of hydrogen-bond donors (Lipinski definition) is 1. The van der Waals surface area contributed by atoms with Gasteiger partial charge in [-0.3, -0.25) is 4.90 Å². The molecule has 106 valence electrons. The second kappa shape index (κ2) is 7.63. The third-order valence-electron chi connectivity index (χ3n) is 3.82. The smallest absolute Gasteiger partial charge is 0.0702 e. The number of likely N-dealkylation sites (tertiary alicyclic amines) is 1. The first-order chi connectivity index (χ1) is 9.35. The maximum atomic E-state index is 6.00. The molecule has 0 aliphatic carbocycles. The summed E-state index contributed by atoms with van der Waals surface area (Å²) >= 11 is 0. The van der Waals surface area contributed by atoms with Gasteiger partial charge in [0.25, 0.3) is 0 Å². The van der Waals surface area contributed by atoms with Crippen LogP contribution in [0.5, 0.6) is 0 Å². The van der Waals surface area contributed by atoms with Crippen LogP contribution in [0.2, 0.25) is 0 Å². The fourth-order valence-corrected chi connectivity index (χ4v) is 2.84. The number of nitrogens with two attached hydrogens (primary N) is 1. The molecule has 0 amide bonds. The van der Waals surface area contributed by atoms with Crippen molar-refractivity contribution in [1.82, 2.24) is 4.90 Å². The predicted octanol–water partition coefficient (Wildman–Crippen LogP) is 2.58. The first-order valence-corrected chi connectivity index (χ1v) is 7.45. The second-order valence-electron chi connectivity index (χ2n) is 5.29. The van der Waals surface area contributed by atoms with Crippen LogP contribution in [-0.2, 0) is 4.74 Å². The Morgan fingerprint density at radius 2 is 2.16 bits per heavy atom. The Hall–Kier alpha value is -0.900. The third kappa shape index (κ3) is 4.03. The largest absolute Gasteiger partial charge is 0.377 e. The van der Waals surface area contributed by atoms with Gasteiger partial charge in [0.15, 0.2) is 0 Å². The van der Waals surface area contributed by atoms with Gasteiger partial charge in [-0.05, 0) is 31.4 Å². The Morgan fingerprint density at radius 1 is 1.37 bits per heavy atom. The predicted molar refractivity (Wildman–Crippen MR) is 79.1 cm³/mol. The number of piperidine rings is 1. The van der Waals surface area contributed by atoms with Gasteiger partial charge < -0.3 is 10.5 Å². The van der Waals surface area contributed by atoms with Crippen molar-refractivity contribution in [1.29, 1.82) is 0 Å². The summed E-state index contributed by atoms with van der Waals surface area (Å²) < 4.78 is 5.91. The van der Waals surface area contributed by atoms with Crippen LogP contribution >= 0.6 is 0 Å². The molecule has 1 heterocycles. The minimum Gasteiger partial charge on any atom is -0.377 e. The molecule has 2 atom stereocenters. The zero-order valence-electron chi connectivity index (χ0n) is 11.9. The second-order valence-corrected chi connectivity index (χ2v) is 5.29. The molecular weight excluding hydrogens is 236 g/mol. The number of rotatable bonds is 6. The molecule has 3 nitrogen and oxygen atoms in total. The lowest BCUT2D eigenvalue weighted by Crippen LogP contribution is -2.44. The van der Waals surface area contributed by atoms with Crippen LogP contribution in [0, 0.1) is 0 Å². The van der Waals surface area contributed by atoms with Crippen LogP contribution in [0.3, 0.4) is 0 Å². The summed E-state index contributed by atoms with van der Waals surface area (Å²) in [6, 6.07) is 10.9. The normalized spacial score (nSPS) is 22.3. The van der Waals surface area contributed by atoms with Crippen molar-refractivity contribution in [3.05, 3.63) is 35.9 Å². The van der Waals surface area contributed by atoms with E-state index >= 15 is 0 Å². The summed E-state index contributed by atoms with van der Waals surface area (Å²) in [5, 5.41) is 0. The minimum absolute atomic E-state index is 0.328. The van der Waals surface area contributed by atoms with E-state index in [4.69, 9.17) is 10.5 Å². The summed E-state index contributed by atoms with van der Waals surface area (Å²) in [6.45, 7) is 5.84. The summed E-state index contributed by atoms with van der Waals surface area (Å²) in [5.41, 5.74) is 7.32. The van der Waals surface area contributed by atoms with Crippen molar-refractivity contribution >= 4 is 0 Å². The lowest BCUT2D eigenvalue weighted by atomic mass is 10.0. The molecule has 1 saturated heterocycles. The van der Waals surface area contributed by atoms with Gasteiger partial charge in [-0.15, -0.1) is 0 Å². The summed E-state index contributed by atoms with van der Waals surface area (Å²) in [5.74, 6) is 0. The lowest BCUT2D eigenvalue weighted by molar-refractivity contribution is -0.0118. The average Bonchev–Trinajstić information content (AvgIpc) is 2.47. The molecule has 2 rings (SSSR count). The number of ether oxygens (including phenoxy) is 1. The fourth-order valence-electron chi connectivity index (χ4n) is 2.84. The zero-order valence-corrected chi connectivity index (χ0v) is 11.9. The van der Waals surface area contributed by atoms with Gasteiger partial charge in [-0.2, -0.15) is 0 Å².